The summed E-state index contributed by atoms with van der Waals surface area (Å²) in [6, 6.07) is 4.98. The Morgan fingerprint density at radius 2 is 2.03 bits per heavy atom. The maximum Gasteiger partial charge on any atom is 0.317 e. The molecular weight excluding hydrogens is 420 g/mol. The van der Waals surface area contributed by atoms with Crippen LogP contribution in [-0.4, -0.2) is 79.5 Å². The van der Waals surface area contributed by atoms with E-state index in [1.165, 1.54) is 10.6 Å². The van der Waals surface area contributed by atoms with Crippen molar-refractivity contribution in [3.05, 3.63) is 29.5 Å². The Balaban J connectivity index is 1.86. The van der Waals surface area contributed by atoms with E-state index in [1.54, 1.807) is 12.0 Å². The number of carbonyl (C=O) groups excluding carboxylic acids is 1. The standard InChI is InChI=1S/C21H30N4O5S/c1-5-8-22-20(27)24-11-21(12-24)13-25(31(4,28)29)17(10-26)19-18(21)15-7-6-14(30-3)9-16(15)23(19)2/h6-7,9,17,26H,5,8,10-13H2,1-4H3,(H,22,27)/t17-/m1/s1. The van der Waals surface area contributed by atoms with Crippen molar-refractivity contribution >= 4 is 27.0 Å². The largest absolute Gasteiger partial charge is 0.497 e. The van der Waals surface area contributed by atoms with Crippen LogP contribution in [0.3, 0.4) is 0 Å². The van der Waals surface area contributed by atoms with Gasteiger partial charge in [-0.2, -0.15) is 4.31 Å². The summed E-state index contributed by atoms with van der Waals surface area (Å²) >= 11 is 0. The minimum Gasteiger partial charge on any atom is -0.497 e. The number of sulfonamides is 1. The number of hydrogen-bond acceptors (Lipinski definition) is 5. The first-order valence-corrected chi connectivity index (χ1v) is 12.3. The van der Waals surface area contributed by atoms with Crippen LogP contribution in [0.25, 0.3) is 10.9 Å². The van der Waals surface area contributed by atoms with Gasteiger partial charge in [-0.05, 0) is 24.1 Å². The van der Waals surface area contributed by atoms with Gasteiger partial charge in [-0.15, -0.1) is 0 Å². The van der Waals surface area contributed by atoms with Crippen LogP contribution in [0.4, 0.5) is 4.79 Å². The molecule has 170 valence electrons. The Labute approximate surface area is 182 Å². The molecule has 1 aromatic heterocycles. The number of aliphatic hydroxyl groups is 1. The third-order valence-electron chi connectivity index (χ3n) is 6.50. The van der Waals surface area contributed by atoms with Crippen molar-refractivity contribution in [2.75, 3.05) is 46.2 Å². The highest BCUT2D eigenvalue weighted by Crippen LogP contribution is 2.50. The van der Waals surface area contributed by atoms with Crippen LogP contribution in [-0.2, 0) is 22.5 Å². The molecule has 0 saturated carbocycles. The van der Waals surface area contributed by atoms with Gasteiger partial charge >= 0.3 is 6.03 Å². The number of hydrogen-bond donors (Lipinski definition) is 2. The number of likely N-dealkylation sites (tertiary alicyclic amines) is 1. The number of rotatable bonds is 5. The molecular formula is C21H30N4O5S. The molecule has 9 nitrogen and oxygen atoms in total. The summed E-state index contributed by atoms with van der Waals surface area (Å²) in [4.78, 5) is 14.2. The van der Waals surface area contributed by atoms with Gasteiger partial charge in [0.2, 0.25) is 10.0 Å². The monoisotopic (exact) mass is 450 g/mol. The van der Waals surface area contributed by atoms with Crippen LogP contribution >= 0.6 is 0 Å². The average Bonchev–Trinajstić information content (AvgIpc) is 3.01. The Morgan fingerprint density at radius 3 is 2.61 bits per heavy atom. The molecule has 2 aromatic rings. The average molecular weight is 451 g/mol. The quantitative estimate of drug-likeness (QED) is 0.712. The van der Waals surface area contributed by atoms with Crippen molar-refractivity contribution in [1.29, 1.82) is 0 Å². The Hall–Kier alpha value is -2.30. The van der Waals surface area contributed by atoms with Crippen molar-refractivity contribution in [3.63, 3.8) is 0 Å². The van der Waals surface area contributed by atoms with Gasteiger partial charge in [0, 0.05) is 55.8 Å². The van der Waals surface area contributed by atoms with Gasteiger partial charge in [0.1, 0.15) is 5.75 Å². The lowest BCUT2D eigenvalue weighted by atomic mass is 9.69. The molecule has 2 aliphatic rings. The van der Waals surface area contributed by atoms with Gasteiger partial charge in [-0.3, -0.25) is 0 Å². The molecule has 3 heterocycles. The zero-order chi connectivity index (χ0) is 22.6. The molecule has 2 N–H and O–H groups in total. The highest BCUT2D eigenvalue weighted by Gasteiger charge is 2.56. The number of benzene rings is 1. The fourth-order valence-electron chi connectivity index (χ4n) is 5.09. The number of aliphatic hydroxyl groups excluding tert-OH is 1. The minimum atomic E-state index is -3.58. The molecule has 4 rings (SSSR count). The SMILES string of the molecule is CCCNC(=O)N1CC2(C1)CN(S(C)(=O)=O)[C@H](CO)c1c2c2ccc(OC)cc2n1C. The van der Waals surface area contributed by atoms with Gasteiger partial charge in [0.15, 0.2) is 0 Å². The zero-order valence-electron chi connectivity index (χ0n) is 18.4. The Kier molecular flexibility index (Phi) is 5.43. The number of aromatic nitrogens is 1. The third kappa shape index (κ3) is 3.37. The third-order valence-corrected chi connectivity index (χ3v) is 7.74. The van der Waals surface area contributed by atoms with Crippen molar-refractivity contribution < 1.29 is 23.1 Å². The lowest BCUT2D eigenvalue weighted by Gasteiger charge is -2.55. The van der Waals surface area contributed by atoms with E-state index in [2.05, 4.69) is 5.32 Å². The number of amides is 2. The normalized spacial score (nSPS) is 20.5. The summed E-state index contributed by atoms with van der Waals surface area (Å²) in [6.07, 6.45) is 2.02. The summed E-state index contributed by atoms with van der Waals surface area (Å²) in [6.45, 7) is 3.35. The molecule has 1 fully saturated rings. The van der Waals surface area contributed by atoms with Gasteiger partial charge in [-0.25, -0.2) is 13.2 Å². The molecule has 0 bridgehead atoms. The van der Waals surface area contributed by atoms with Crippen molar-refractivity contribution in [2.45, 2.75) is 24.8 Å². The first-order chi connectivity index (χ1) is 14.7. The lowest BCUT2D eigenvalue weighted by Crippen LogP contribution is -2.69. The summed E-state index contributed by atoms with van der Waals surface area (Å²) in [5.74, 6) is 0.703. The minimum absolute atomic E-state index is 0.133. The van der Waals surface area contributed by atoms with Crippen LogP contribution in [0.5, 0.6) is 5.75 Å². The second-order valence-corrected chi connectivity index (χ2v) is 10.5. The molecule has 1 spiro atoms. The summed E-state index contributed by atoms with van der Waals surface area (Å²) in [5, 5.41) is 14.1. The van der Waals surface area contributed by atoms with E-state index in [-0.39, 0.29) is 19.2 Å². The number of nitrogens with zero attached hydrogens (tertiary/aromatic N) is 3. The summed E-state index contributed by atoms with van der Waals surface area (Å²) in [7, 11) is -0.0944. The topological polar surface area (TPSA) is 104 Å². The fraction of sp³-hybridized carbons (Fsp3) is 0.571. The molecule has 1 atom stereocenters. The van der Waals surface area contributed by atoms with Crippen molar-refractivity contribution in [1.82, 2.24) is 19.1 Å². The zero-order valence-corrected chi connectivity index (χ0v) is 19.2. The number of carbonyl (C=O) groups is 1. The molecule has 2 amide bonds. The number of ether oxygens (including phenoxy) is 1. The summed E-state index contributed by atoms with van der Waals surface area (Å²) in [5.41, 5.74) is 2.18. The van der Waals surface area contributed by atoms with E-state index in [4.69, 9.17) is 4.74 Å². The molecule has 0 radical (unpaired) electrons. The highest BCUT2D eigenvalue weighted by molar-refractivity contribution is 7.88. The van der Waals surface area contributed by atoms with E-state index >= 15 is 0 Å². The molecule has 0 aliphatic carbocycles. The number of methoxy groups -OCH3 is 1. The maximum atomic E-state index is 12.7. The van der Waals surface area contributed by atoms with E-state index in [1.807, 2.05) is 36.7 Å². The van der Waals surface area contributed by atoms with E-state index in [0.29, 0.717) is 25.4 Å². The molecule has 2 aliphatic heterocycles. The molecule has 31 heavy (non-hydrogen) atoms. The number of fused-ring (bicyclic) bond motifs is 4. The predicted molar refractivity (Wildman–Crippen MR) is 118 cm³/mol. The molecule has 0 unspecified atom stereocenters. The van der Waals surface area contributed by atoms with Gasteiger partial charge in [0.05, 0.1) is 31.5 Å². The van der Waals surface area contributed by atoms with Gasteiger partial charge in [0.25, 0.3) is 0 Å². The van der Waals surface area contributed by atoms with Crippen LogP contribution in [0.2, 0.25) is 0 Å². The number of aryl methyl sites for hydroxylation is 1. The smallest absolute Gasteiger partial charge is 0.317 e. The van der Waals surface area contributed by atoms with E-state index in [0.717, 1.165) is 28.6 Å². The Bertz CT molecular complexity index is 1120. The van der Waals surface area contributed by atoms with Crippen LogP contribution < -0.4 is 10.1 Å². The second-order valence-electron chi connectivity index (χ2n) is 8.58. The molecule has 1 aromatic carbocycles. The molecule has 1 saturated heterocycles. The van der Waals surface area contributed by atoms with E-state index in [9.17, 15) is 18.3 Å². The van der Waals surface area contributed by atoms with E-state index < -0.39 is 21.5 Å². The maximum absolute atomic E-state index is 12.7. The first kappa shape index (κ1) is 21.9. The van der Waals surface area contributed by atoms with Crippen molar-refractivity contribution in [2.24, 2.45) is 7.05 Å². The lowest BCUT2D eigenvalue weighted by molar-refractivity contribution is 0.0478. The van der Waals surface area contributed by atoms with Gasteiger partial charge < -0.3 is 24.6 Å². The first-order valence-electron chi connectivity index (χ1n) is 10.4. The predicted octanol–water partition coefficient (Wildman–Crippen LogP) is 1.17. The van der Waals surface area contributed by atoms with Crippen LogP contribution in [0.15, 0.2) is 18.2 Å². The highest BCUT2D eigenvalue weighted by atomic mass is 32.2. The second kappa shape index (κ2) is 7.68. The van der Waals surface area contributed by atoms with Gasteiger partial charge in [-0.1, -0.05) is 6.92 Å². The van der Waals surface area contributed by atoms with Crippen molar-refractivity contribution in [3.8, 4) is 5.75 Å². The van der Waals surface area contributed by atoms with Crippen LogP contribution in [0.1, 0.15) is 30.6 Å². The number of urea groups is 1. The molecule has 10 heteroatoms. The van der Waals surface area contributed by atoms with Crippen LogP contribution in [0, 0.1) is 0 Å². The Morgan fingerprint density at radius 1 is 1.32 bits per heavy atom. The fourth-order valence-corrected chi connectivity index (χ4v) is 6.20. The summed E-state index contributed by atoms with van der Waals surface area (Å²) < 4.78 is 34.1. The number of nitrogens with one attached hydrogen (secondary N) is 1.